The minimum absolute atomic E-state index is 0.0460. The summed E-state index contributed by atoms with van der Waals surface area (Å²) in [4.78, 5) is 20.6. The van der Waals surface area contributed by atoms with Gasteiger partial charge in [-0.15, -0.1) is 0 Å². The topological polar surface area (TPSA) is 101 Å². The third kappa shape index (κ3) is 3.44. The van der Waals surface area contributed by atoms with Gasteiger partial charge >= 0.3 is 80.6 Å². The van der Waals surface area contributed by atoms with E-state index >= 15 is 0 Å². The van der Waals surface area contributed by atoms with Gasteiger partial charge in [0.1, 0.15) is 0 Å². The molecule has 0 aromatic heterocycles. The van der Waals surface area contributed by atoms with Crippen LogP contribution in [0.15, 0.2) is 0 Å². The Bertz CT molecular complexity index is 200. The van der Waals surface area contributed by atoms with Crippen LogP contribution < -0.4 is 5.73 Å². The summed E-state index contributed by atoms with van der Waals surface area (Å²) in [6.07, 6.45) is 0. The van der Waals surface area contributed by atoms with Crippen molar-refractivity contribution in [3.8, 4) is 0 Å². The maximum atomic E-state index is 10.5. The average molecular weight is 258 g/mol. The van der Waals surface area contributed by atoms with Crippen molar-refractivity contribution in [2.75, 3.05) is 5.75 Å². The molecule has 0 aromatic rings. The normalized spacial score (nSPS) is 15.2. The van der Waals surface area contributed by atoms with Crippen molar-refractivity contribution in [1.82, 2.24) is 0 Å². The molecule has 0 aromatic carbocycles. The van der Waals surface area contributed by atoms with E-state index in [4.69, 9.17) is 15.9 Å². The Hall–Kier alpha value is -0.231. The van der Waals surface area contributed by atoms with E-state index in [-0.39, 0.29) is 11.1 Å². The molecular formula is C5H9NO4SSe. The summed E-state index contributed by atoms with van der Waals surface area (Å²) >= 11 is 3.09. The number of hydrogen-bond donors (Lipinski definition) is 4. The third-order valence-electron chi connectivity index (χ3n) is 1.05. The van der Waals surface area contributed by atoms with E-state index in [0.29, 0.717) is 0 Å². The van der Waals surface area contributed by atoms with Crippen molar-refractivity contribution >= 4 is 39.5 Å². The monoisotopic (exact) mass is 259 g/mol. The van der Waals surface area contributed by atoms with Crippen LogP contribution in [0.4, 0.5) is 0 Å². The Morgan fingerprint density at radius 1 is 1.50 bits per heavy atom. The molecule has 12 heavy (non-hydrogen) atoms. The minimum atomic E-state index is -1.46. The molecule has 1 atom stereocenters. The summed E-state index contributed by atoms with van der Waals surface area (Å²) in [5, 5.41) is 16.7. The number of carboxylic acids is 2. The summed E-state index contributed by atoms with van der Waals surface area (Å²) in [7, 11) is 0. The molecular weight excluding hydrogens is 249 g/mol. The van der Waals surface area contributed by atoms with Gasteiger partial charge in [0.05, 0.1) is 0 Å². The molecule has 7 heteroatoms. The molecule has 0 aliphatic carbocycles. The molecule has 0 radical (unpaired) electrons. The number of carbonyl (C=O) groups is 2. The Morgan fingerprint density at radius 3 is 2.25 bits per heavy atom. The number of nitrogens with two attached hydrogens (primary N) is 1. The van der Waals surface area contributed by atoms with Crippen LogP contribution in [-0.2, 0) is 9.59 Å². The second kappa shape index (κ2) is 4.71. The molecule has 0 spiro atoms. The molecule has 0 amide bonds. The van der Waals surface area contributed by atoms with Gasteiger partial charge in [-0.1, -0.05) is 0 Å². The predicted molar refractivity (Wildman–Crippen MR) is 46.6 cm³/mol. The van der Waals surface area contributed by atoms with Crippen LogP contribution in [-0.4, -0.2) is 47.3 Å². The van der Waals surface area contributed by atoms with Gasteiger partial charge in [0, 0.05) is 0 Å². The van der Waals surface area contributed by atoms with Crippen molar-refractivity contribution in [3.05, 3.63) is 0 Å². The Morgan fingerprint density at radius 2 is 2.00 bits per heavy atom. The fraction of sp³-hybridized carbons (Fsp3) is 0.600. The first kappa shape index (κ1) is 11.8. The molecule has 0 saturated heterocycles. The van der Waals surface area contributed by atoms with Gasteiger partial charge < -0.3 is 0 Å². The fourth-order valence-electron chi connectivity index (χ4n) is 0.366. The molecule has 5 nitrogen and oxygen atoms in total. The first-order valence-electron chi connectivity index (χ1n) is 2.91. The van der Waals surface area contributed by atoms with Crippen molar-refractivity contribution in [1.29, 1.82) is 0 Å². The molecule has 0 aliphatic heterocycles. The van der Waals surface area contributed by atoms with Crippen molar-refractivity contribution < 1.29 is 19.8 Å². The Balaban J connectivity index is 4.15. The number of carboxylic acid groups (broad SMARTS) is 2. The van der Waals surface area contributed by atoms with E-state index in [2.05, 4.69) is 12.6 Å². The molecule has 0 bridgehead atoms. The van der Waals surface area contributed by atoms with Gasteiger partial charge in [0.2, 0.25) is 0 Å². The molecule has 0 heterocycles. The zero-order valence-electron chi connectivity index (χ0n) is 6.06. The summed E-state index contributed by atoms with van der Waals surface area (Å²) in [6, 6.07) is 0. The molecule has 0 rings (SSSR count). The van der Waals surface area contributed by atoms with Crippen LogP contribution in [0, 0.1) is 0 Å². The van der Waals surface area contributed by atoms with Crippen LogP contribution in [0.2, 0.25) is 5.32 Å². The van der Waals surface area contributed by atoms with Crippen molar-refractivity contribution in [3.63, 3.8) is 0 Å². The van der Waals surface area contributed by atoms with Crippen molar-refractivity contribution in [2.45, 2.75) is 9.76 Å². The Kier molecular flexibility index (Phi) is 4.62. The molecule has 1 unspecified atom stereocenters. The summed E-state index contributed by atoms with van der Waals surface area (Å²) in [5.41, 5.74) is 5.38. The standard InChI is InChI=1S/C5H9NO4SSe/c6-5(2-11,4(9)10)12-1-3(7)8/h11H,1-2,6H2,(H,7,8)(H,9,10). The van der Waals surface area contributed by atoms with Gasteiger partial charge in [0.15, 0.2) is 0 Å². The number of hydrogen-bond acceptors (Lipinski definition) is 4. The Labute approximate surface area is 80.9 Å². The maximum absolute atomic E-state index is 10.5. The van der Waals surface area contributed by atoms with Gasteiger partial charge in [-0.25, -0.2) is 0 Å². The summed E-state index contributed by atoms with van der Waals surface area (Å²) < 4.78 is -1.46. The van der Waals surface area contributed by atoms with E-state index in [1.54, 1.807) is 0 Å². The number of rotatable bonds is 5. The average Bonchev–Trinajstić information content (AvgIpc) is 1.99. The summed E-state index contributed by atoms with van der Waals surface area (Å²) in [5.74, 6) is -2.28. The third-order valence-corrected chi connectivity index (χ3v) is 4.60. The van der Waals surface area contributed by atoms with E-state index in [1.165, 1.54) is 0 Å². The predicted octanol–water partition coefficient (Wildman–Crippen LogP) is -1.14. The fourth-order valence-corrected chi connectivity index (χ4v) is 2.23. The van der Waals surface area contributed by atoms with E-state index in [0.717, 1.165) is 0 Å². The molecule has 4 N–H and O–H groups in total. The van der Waals surface area contributed by atoms with Gasteiger partial charge in [-0.2, -0.15) is 0 Å². The SMILES string of the molecule is NC(CS)([Se]CC(=O)O)C(=O)O. The molecule has 0 aliphatic rings. The van der Waals surface area contributed by atoms with E-state index in [9.17, 15) is 9.59 Å². The molecule has 0 fully saturated rings. The summed E-state index contributed by atoms with van der Waals surface area (Å²) in [6.45, 7) is 0. The van der Waals surface area contributed by atoms with Crippen LogP contribution >= 0.6 is 12.6 Å². The molecule has 70 valence electrons. The van der Waals surface area contributed by atoms with Crippen LogP contribution in [0.1, 0.15) is 0 Å². The van der Waals surface area contributed by atoms with Crippen LogP contribution in [0.5, 0.6) is 0 Å². The van der Waals surface area contributed by atoms with Crippen molar-refractivity contribution in [2.24, 2.45) is 5.73 Å². The zero-order valence-corrected chi connectivity index (χ0v) is 8.67. The van der Waals surface area contributed by atoms with Gasteiger partial charge in [-0.3, -0.25) is 0 Å². The number of aliphatic carboxylic acids is 2. The van der Waals surface area contributed by atoms with E-state index in [1.807, 2.05) is 0 Å². The van der Waals surface area contributed by atoms with Crippen LogP contribution in [0.3, 0.4) is 0 Å². The van der Waals surface area contributed by atoms with E-state index < -0.39 is 31.3 Å². The second-order valence-corrected chi connectivity index (χ2v) is 5.09. The van der Waals surface area contributed by atoms with Crippen LogP contribution in [0.25, 0.3) is 0 Å². The molecule has 0 saturated carbocycles. The zero-order chi connectivity index (χ0) is 9.78. The quantitative estimate of drug-likeness (QED) is 0.369. The first-order valence-corrected chi connectivity index (χ1v) is 5.61. The first-order chi connectivity index (χ1) is 5.42. The second-order valence-electron chi connectivity index (χ2n) is 2.04. The van der Waals surface area contributed by atoms with Gasteiger partial charge in [0.25, 0.3) is 0 Å². The number of thiol groups is 1. The van der Waals surface area contributed by atoms with Gasteiger partial charge in [-0.05, 0) is 0 Å².